The van der Waals surface area contributed by atoms with Crippen LogP contribution >= 0.6 is 15.9 Å². The number of ether oxygens (including phenoxy) is 1. The number of benzene rings is 1. The molecular weight excluding hydrogens is 472 g/mol. The molecule has 0 radical (unpaired) electrons. The van der Waals surface area contributed by atoms with Gasteiger partial charge in [-0.15, -0.1) is 0 Å². The molecule has 0 spiro atoms. The Kier molecular flexibility index (Phi) is 5.10. The summed E-state index contributed by atoms with van der Waals surface area (Å²) in [6.07, 6.45) is 5.95. The number of para-hydroxylation sites is 1. The van der Waals surface area contributed by atoms with Crippen molar-refractivity contribution in [2.45, 2.75) is 35.9 Å². The molecule has 2 fully saturated rings. The molecule has 1 amide bonds. The van der Waals surface area contributed by atoms with E-state index >= 15 is 0 Å². The number of hydrogen-bond acceptors (Lipinski definition) is 4. The fourth-order valence-electron chi connectivity index (χ4n) is 4.63. The Hall–Kier alpha value is -2.30. The molecule has 164 valence electrons. The van der Waals surface area contributed by atoms with Gasteiger partial charge in [0.05, 0.1) is 42.4 Å². The van der Waals surface area contributed by atoms with E-state index in [0.29, 0.717) is 41.2 Å². The van der Waals surface area contributed by atoms with Gasteiger partial charge in [0.2, 0.25) is 0 Å². The van der Waals surface area contributed by atoms with E-state index < -0.39 is 4.96 Å². The quantitative estimate of drug-likeness (QED) is 0.566. The predicted molar refractivity (Wildman–Crippen MR) is 115 cm³/mol. The van der Waals surface area contributed by atoms with Crippen LogP contribution in [0.4, 0.5) is 8.78 Å². The molecule has 31 heavy (non-hydrogen) atoms. The number of nitrogens with zero attached hydrogens (tertiary/aromatic N) is 4. The molecule has 2 bridgehead atoms. The molecule has 1 N–H and O–H groups in total. The summed E-state index contributed by atoms with van der Waals surface area (Å²) in [5.74, 6) is -0.165. The first-order valence-corrected chi connectivity index (χ1v) is 10.9. The van der Waals surface area contributed by atoms with Gasteiger partial charge in [0.25, 0.3) is 5.91 Å². The highest BCUT2D eigenvalue weighted by Gasteiger charge is 2.37. The van der Waals surface area contributed by atoms with Gasteiger partial charge in [-0.3, -0.25) is 9.69 Å². The van der Waals surface area contributed by atoms with Crippen LogP contribution in [0, 0.1) is 0 Å². The molecule has 0 unspecified atom stereocenters. The summed E-state index contributed by atoms with van der Waals surface area (Å²) >= 11 is 2.31. The number of rotatable bonds is 4. The lowest BCUT2D eigenvalue weighted by Gasteiger charge is -2.46. The van der Waals surface area contributed by atoms with Crippen molar-refractivity contribution in [3.8, 4) is 5.69 Å². The Morgan fingerprint density at radius 2 is 1.94 bits per heavy atom. The summed E-state index contributed by atoms with van der Waals surface area (Å²) in [5, 5.41) is 7.69. The van der Waals surface area contributed by atoms with E-state index in [4.69, 9.17) is 4.74 Å². The minimum atomic E-state index is -3.29. The lowest BCUT2D eigenvalue weighted by atomic mass is 9.90. The fourth-order valence-corrected chi connectivity index (χ4v) is 4.82. The van der Waals surface area contributed by atoms with Crippen molar-refractivity contribution in [1.82, 2.24) is 24.6 Å². The molecule has 7 nitrogen and oxygen atoms in total. The first-order valence-electron chi connectivity index (χ1n) is 10.1. The van der Waals surface area contributed by atoms with E-state index in [1.54, 1.807) is 10.8 Å². The molecule has 1 aromatic carbocycles. The van der Waals surface area contributed by atoms with Crippen molar-refractivity contribution in [3.63, 3.8) is 0 Å². The van der Waals surface area contributed by atoms with Gasteiger partial charge < -0.3 is 14.6 Å². The van der Waals surface area contributed by atoms with Gasteiger partial charge in [0.15, 0.2) is 0 Å². The summed E-state index contributed by atoms with van der Waals surface area (Å²) in [6.45, 7) is 1.36. The Morgan fingerprint density at radius 1 is 1.23 bits per heavy atom. The molecule has 2 aliphatic heterocycles. The van der Waals surface area contributed by atoms with E-state index in [1.807, 2.05) is 24.3 Å². The third kappa shape index (κ3) is 3.77. The molecule has 10 heteroatoms. The number of likely N-dealkylation sites (N-methyl/N-ethyl adjacent to an activating group) is 1. The second-order valence-electron chi connectivity index (χ2n) is 8.19. The largest absolute Gasteiger partial charge is 0.401 e. The van der Waals surface area contributed by atoms with Crippen LogP contribution in [0.15, 0.2) is 42.9 Å². The number of morpholine rings is 1. The molecule has 0 aliphatic carbocycles. The Balaban J connectivity index is 1.44. The maximum absolute atomic E-state index is 13.5. The van der Waals surface area contributed by atoms with Crippen molar-refractivity contribution in [2.75, 3.05) is 20.3 Å². The van der Waals surface area contributed by atoms with Gasteiger partial charge in [-0.25, -0.2) is 0 Å². The van der Waals surface area contributed by atoms with Crippen LogP contribution in [0.25, 0.3) is 16.6 Å². The number of piperidine rings is 1. The average molecular weight is 494 g/mol. The number of aromatic nitrogens is 3. The molecule has 3 aromatic rings. The Bertz CT molecular complexity index is 1110. The minimum Gasteiger partial charge on any atom is -0.378 e. The SMILES string of the molecule is CN1[C@@H]2COC[C@H]1C[C@@H](NC(=O)c1cn(-c3cnn(C(F)(F)Br)c3)c3ccccc13)C2. The zero-order valence-electron chi connectivity index (χ0n) is 16.8. The van der Waals surface area contributed by atoms with Crippen molar-refractivity contribution in [3.05, 3.63) is 48.4 Å². The standard InChI is InChI=1S/C21H22BrF2N5O2/c1-27-14-6-13(7-15(27)12-31-11-14)26-20(30)18-10-28(19-5-3-2-4-17(18)19)16-8-25-29(9-16)21(22,23)24/h2-5,8-10,13-15H,6-7,11-12H2,1H3,(H,26,30)/t13-,14-,15+. The molecular formula is C21H22BrF2N5O2. The van der Waals surface area contributed by atoms with Crippen LogP contribution in [0.1, 0.15) is 23.2 Å². The highest BCUT2D eigenvalue weighted by Crippen LogP contribution is 2.31. The van der Waals surface area contributed by atoms with Crippen molar-refractivity contribution < 1.29 is 18.3 Å². The summed E-state index contributed by atoms with van der Waals surface area (Å²) in [7, 11) is 2.11. The number of carbonyl (C=O) groups is 1. The summed E-state index contributed by atoms with van der Waals surface area (Å²) < 4.78 is 35.0. The normalized spacial score (nSPS) is 24.5. The number of fused-ring (bicyclic) bond motifs is 3. The van der Waals surface area contributed by atoms with Gasteiger partial charge >= 0.3 is 4.96 Å². The Morgan fingerprint density at radius 3 is 2.61 bits per heavy atom. The lowest BCUT2D eigenvalue weighted by Crippen LogP contribution is -2.59. The van der Waals surface area contributed by atoms with Gasteiger partial charge in [0.1, 0.15) is 0 Å². The first kappa shape index (κ1) is 20.6. The summed E-state index contributed by atoms with van der Waals surface area (Å²) in [4.78, 5) is 12.3. The topological polar surface area (TPSA) is 64.3 Å². The molecule has 2 aliphatic rings. The highest BCUT2D eigenvalue weighted by atomic mass is 79.9. The van der Waals surface area contributed by atoms with E-state index in [9.17, 15) is 13.6 Å². The number of nitrogens with one attached hydrogen (secondary N) is 1. The predicted octanol–water partition coefficient (Wildman–Crippen LogP) is 3.32. The van der Waals surface area contributed by atoms with E-state index in [-0.39, 0.29) is 11.9 Å². The second kappa shape index (κ2) is 7.68. The van der Waals surface area contributed by atoms with E-state index in [2.05, 4.69) is 38.3 Å². The van der Waals surface area contributed by atoms with E-state index in [1.165, 1.54) is 12.4 Å². The first-order chi connectivity index (χ1) is 14.8. The van der Waals surface area contributed by atoms with Gasteiger partial charge in [-0.2, -0.15) is 18.6 Å². The minimum absolute atomic E-state index is 0.0690. The molecule has 2 aromatic heterocycles. The number of hydrogen-bond donors (Lipinski definition) is 1. The smallest absolute Gasteiger partial charge is 0.378 e. The molecule has 3 atom stereocenters. The monoisotopic (exact) mass is 493 g/mol. The number of carbonyl (C=O) groups excluding carboxylic acids is 1. The van der Waals surface area contributed by atoms with Crippen molar-refractivity contribution in [1.29, 1.82) is 0 Å². The zero-order chi connectivity index (χ0) is 21.8. The second-order valence-corrected chi connectivity index (χ2v) is 9.15. The van der Waals surface area contributed by atoms with Gasteiger partial charge in [0, 0.05) is 45.6 Å². The van der Waals surface area contributed by atoms with Crippen LogP contribution < -0.4 is 5.32 Å². The lowest BCUT2D eigenvalue weighted by molar-refractivity contribution is -0.0670. The zero-order valence-corrected chi connectivity index (χ0v) is 18.4. The summed E-state index contributed by atoms with van der Waals surface area (Å²) in [6, 6.07) is 8.10. The maximum Gasteiger partial charge on any atom is 0.401 e. The third-order valence-corrected chi connectivity index (χ3v) is 6.65. The van der Waals surface area contributed by atoms with Crippen molar-refractivity contribution >= 4 is 32.7 Å². The third-order valence-electron chi connectivity index (χ3n) is 6.28. The van der Waals surface area contributed by atoms with Crippen LogP contribution in [0.3, 0.4) is 0 Å². The van der Waals surface area contributed by atoms with Gasteiger partial charge in [-0.05, 0) is 26.0 Å². The Labute approximate surface area is 186 Å². The number of amides is 1. The summed E-state index contributed by atoms with van der Waals surface area (Å²) in [5.41, 5.74) is 1.70. The molecule has 0 saturated carbocycles. The van der Waals surface area contributed by atoms with Crippen LogP contribution in [-0.2, 0) is 9.69 Å². The van der Waals surface area contributed by atoms with Crippen LogP contribution in [0.2, 0.25) is 0 Å². The average Bonchev–Trinajstić information content (AvgIpc) is 3.33. The fraction of sp³-hybridized carbons (Fsp3) is 0.429. The molecule has 2 saturated heterocycles. The molecule has 4 heterocycles. The maximum atomic E-state index is 13.5. The van der Waals surface area contributed by atoms with Crippen molar-refractivity contribution in [2.24, 2.45) is 0 Å². The number of halogens is 3. The number of alkyl halides is 3. The molecule has 5 rings (SSSR count). The van der Waals surface area contributed by atoms with Crippen LogP contribution in [-0.4, -0.2) is 63.5 Å². The van der Waals surface area contributed by atoms with E-state index in [0.717, 1.165) is 23.7 Å². The highest BCUT2D eigenvalue weighted by molar-refractivity contribution is 9.09. The van der Waals surface area contributed by atoms with Gasteiger partial charge in [-0.1, -0.05) is 18.2 Å². The van der Waals surface area contributed by atoms with Crippen LogP contribution in [0.5, 0.6) is 0 Å².